The van der Waals surface area contributed by atoms with Gasteiger partial charge >= 0.3 is 0 Å². The second-order valence-electron chi connectivity index (χ2n) is 5.10. The van der Waals surface area contributed by atoms with Crippen LogP contribution in [0.15, 0.2) is 53.0 Å². The first-order chi connectivity index (χ1) is 10.0. The van der Waals surface area contributed by atoms with Crippen LogP contribution in [0.25, 0.3) is 0 Å². The average Bonchev–Trinajstić information content (AvgIpc) is 2.50. The zero-order valence-electron chi connectivity index (χ0n) is 12.1. The molecule has 1 atom stereocenters. The predicted molar refractivity (Wildman–Crippen MR) is 88.5 cm³/mol. The zero-order chi connectivity index (χ0) is 15.3. The molecule has 0 fully saturated rings. The van der Waals surface area contributed by atoms with Gasteiger partial charge < -0.3 is 10.1 Å². The largest absolute Gasteiger partial charge is 0.497 e. The molecule has 1 unspecified atom stereocenters. The fourth-order valence-electron chi connectivity index (χ4n) is 2.14. The molecule has 2 aromatic carbocycles. The van der Waals surface area contributed by atoms with Crippen molar-refractivity contribution in [2.45, 2.75) is 18.9 Å². The molecular weight excluding hydrogens is 328 g/mol. The molecule has 0 saturated carbocycles. The highest BCUT2D eigenvalue weighted by Gasteiger charge is 2.24. The maximum Gasteiger partial charge on any atom is 0.126 e. The van der Waals surface area contributed by atoms with E-state index in [0.717, 1.165) is 21.5 Å². The highest BCUT2D eigenvalue weighted by atomic mass is 79.9. The van der Waals surface area contributed by atoms with Crippen molar-refractivity contribution < 1.29 is 4.74 Å². The van der Waals surface area contributed by atoms with E-state index in [9.17, 15) is 5.26 Å². The van der Waals surface area contributed by atoms with Gasteiger partial charge in [0.25, 0.3) is 0 Å². The first-order valence-electron chi connectivity index (χ1n) is 6.62. The topological polar surface area (TPSA) is 45.0 Å². The molecule has 0 amide bonds. The van der Waals surface area contributed by atoms with E-state index in [1.165, 1.54) is 0 Å². The van der Waals surface area contributed by atoms with Crippen molar-refractivity contribution in [3.8, 4) is 11.8 Å². The van der Waals surface area contributed by atoms with Crippen molar-refractivity contribution >= 4 is 21.6 Å². The molecule has 0 aliphatic heterocycles. The van der Waals surface area contributed by atoms with E-state index in [0.29, 0.717) is 6.42 Å². The summed E-state index contributed by atoms with van der Waals surface area (Å²) in [6, 6.07) is 18.0. The minimum Gasteiger partial charge on any atom is -0.497 e. The summed E-state index contributed by atoms with van der Waals surface area (Å²) >= 11 is 3.42. The molecule has 0 bridgehead atoms. The van der Waals surface area contributed by atoms with Crippen molar-refractivity contribution in [2.24, 2.45) is 0 Å². The van der Waals surface area contributed by atoms with Gasteiger partial charge in [0, 0.05) is 22.6 Å². The smallest absolute Gasteiger partial charge is 0.126 e. The van der Waals surface area contributed by atoms with E-state index in [-0.39, 0.29) is 0 Å². The molecular formula is C17H17BrN2O. The zero-order valence-corrected chi connectivity index (χ0v) is 13.6. The monoisotopic (exact) mass is 344 g/mol. The number of anilines is 1. The second kappa shape index (κ2) is 6.64. The third-order valence-corrected chi connectivity index (χ3v) is 3.74. The van der Waals surface area contributed by atoms with Crippen LogP contribution in [-0.4, -0.2) is 12.6 Å². The average molecular weight is 345 g/mol. The van der Waals surface area contributed by atoms with Gasteiger partial charge in [0.2, 0.25) is 0 Å². The lowest BCUT2D eigenvalue weighted by Gasteiger charge is -2.25. The van der Waals surface area contributed by atoms with Gasteiger partial charge in [-0.05, 0) is 36.8 Å². The molecule has 1 N–H and O–H groups in total. The third-order valence-electron chi connectivity index (χ3n) is 3.21. The van der Waals surface area contributed by atoms with Gasteiger partial charge in [-0.15, -0.1) is 0 Å². The number of benzene rings is 2. The van der Waals surface area contributed by atoms with Crippen LogP contribution in [0.2, 0.25) is 0 Å². The Kier molecular flexibility index (Phi) is 4.87. The highest BCUT2D eigenvalue weighted by molar-refractivity contribution is 9.10. The van der Waals surface area contributed by atoms with Crippen LogP contribution >= 0.6 is 15.9 Å². The van der Waals surface area contributed by atoms with E-state index in [1.54, 1.807) is 7.11 Å². The van der Waals surface area contributed by atoms with Crippen LogP contribution in [0.4, 0.5) is 5.69 Å². The van der Waals surface area contributed by atoms with Crippen LogP contribution in [0.1, 0.15) is 12.5 Å². The Hall–Kier alpha value is -1.99. The highest BCUT2D eigenvalue weighted by Crippen LogP contribution is 2.23. The van der Waals surface area contributed by atoms with Gasteiger partial charge in [0.05, 0.1) is 13.2 Å². The molecule has 0 aliphatic carbocycles. The van der Waals surface area contributed by atoms with E-state index in [4.69, 9.17) is 4.74 Å². The predicted octanol–water partition coefficient (Wildman–Crippen LogP) is 4.39. The minimum absolute atomic E-state index is 0.619. The van der Waals surface area contributed by atoms with Gasteiger partial charge in [-0.25, -0.2) is 0 Å². The van der Waals surface area contributed by atoms with Crippen LogP contribution in [0.3, 0.4) is 0 Å². The van der Waals surface area contributed by atoms with Gasteiger partial charge in [-0.2, -0.15) is 5.26 Å². The maximum atomic E-state index is 9.54. The number of hydrogen-bond donors (Lipinski definition) is 1. The Morgan fingerprint density at radius 2 is 1.95 bits per heavy atom. The van der Waals surface area contributed by atoms with E-state index >= 15 is 0 Å². The minimum atomic E-state index is -0.680. The molecule has 0 heterocycles. The molecule has 0 saturated heterocycles. The third kappa shape index (κ3) is 4.24. The molecule has 3 nitrogen and oxygen atoms in total. The summed E-state index contributed by atoms with van der Waals surface area (Å²) in [5.74, 6) is 0.768. The molecule has 2 rings (SSSR count). The maximum absolute atomic E-state index is 9.54. The first kappa shape index (κ1) is 15.4. The fourth-order valence-corrected chi connectivity index (χ4v) is 2.41. The molecule has 0 aromatic heterocycles. The second-order valence-corrected chi connectivity index (χ2v) is 6.02. The molecule has 0 spiro atoms. The molecule has 0 radical (unpaired) electrons. The summed E-state index contributed by atoms with van der Waals surface area (Å²) in [6.45, 7) is 1.90. The van der Waals surface area contributed by atoms with Gasteiger partial charge in [-0.1, -0.05) is 34.1 Å². The molecule has 2 aromatic rings. The summed E-state index contributed by atoms with van der Waals surface area (Å²) in [5.41, 5.74) is 1.30. The fraction of sp³-hybridized carbons (Fsp3) is 0.235. The van der Waals surface area contributed by atoms with Crippen molar-refractivity contribution in [1.82, 2.24) is 0 Å². The van der Waals surface area contributed by atoms with Crippen molar-refractivity contribution in [1.29, 1.82) is 5.26 Å². The van der Waals surface area contributed by atoms with Gasteiger partial charge in [-0.3, -0.25) is 0 Å². The van der Waals surface area contributed by atoms with Gasteiger partial charge in [0.15, 0.2) is 0 Å². The number of methoxy groups -OCH3 is 1. The number of halogens is 1. The Bertz CT molecular complexity index is 649. The number of ether oxygens (including phenoxy) is 1. The number of nitriles is 1. The lowest BCUT2D eigenvalue weighted by atomic mass is 9.94. The summed E-state index contributed by atoms with van der Waals surface area (Å²) < 4.78 is 6.24. The lowest BCUT2D eigenvalue weighted by molar-refractivity contribution is 0.415. The Morgan fingerprint density at radius 1 is 1.24 bits per heavy atom. The van der Waals surface area contributed by atoms with Gasteiger partial charge in [0.1, 0.15) is 11.3 Å². The molecule has 21 heavy (non-hydrogen) atoms. The standard InChI is InChI=1S/C17H17BrN2O/c1-17(12-19,11-13-6-8-14(18)9-7-13)20-15-4-3-5-16(10-15)21-2/h3-10,20H,11H2,1-2H3. The van der Waals surface area contributed by atoms with Crippen LogP contribution in [0.5, 0.6) is 5.75 Å². The Morgan fingerprint density at radius 3 is 2.57 bits per heavy atom. The Labute approximate surface area is 133 Å². The molecule has 4 heteroatoms. The summed E-state index contributed by atoms with van der Waals surface area (Å²) in [7, 11) is 1.63. The van der Waals surface area contributed by atoms with Crippen molar-refractivity contribution in [2.75, 3.05) is 12.4 Å². The Balaban J connectivity index is 2.17. The summed E-state index contributed by atoms with van der Waals surface area (Å²) in [5, 5.41) is 12.8. The molecule has 108 valence electrons. The van der Waals surface area contributed by atoms with E-state index < -0.39 is 5.54 Å². The lowest BCUT2D eigenvalue weighted by Crippen LogP contribution is -2.35. The summed E-state index contributed by atoms with van der Waals surface area (Å²) in [4.78, 5) is 0. The van der Waals surface area contributed by atoms with Crippen molar-refractivity contribution in [3.63, 3.8) is 0 Å². The van der Waals surface area contributed by atoms with Crippen LogP contribution < -0.4 is 10.1 Å². The van der Waals surface area contributed by atoms with Crippen LogP contribution in [-0.2, 0) is 6.42 Å². The number of nitrogens with one attached hydrogen (secondary N) is 1. The van der Waals surface area contributed by atoms with E-state index in [2.05, 4.69) is 27.3 Å². The van der Waals surface area contributed by atoms with Crippen LogP contribution in [0, 0.1) is 11.3 Å². The summed E-state index contributed by atoms with van der Waals surface area (Å²) in [6.07, 6.45) is 0.619. The molecule has 0 aliphatic rings. The SMILES string of the molecule is COc1cccc(NC(C)(C#N)Cc2ccc(Br)cc2)c1. The number of hydrogen-bond acceptors (Lipinski definition) is 3. The normalized spacial score (nSPS) is 13.0. The van der Waals surface area contributed by atoms with E-state index in [1.807, 2.05) is 55.5 Å². The van der Waals surface area contributed by atoms with Crippen molar-refractivity contribution in [3.05, 3.63) is 58.6 Å². The number of rotatable bonds is 5. The quantitative estimate of drug-likeness (QED) is 0.874. The first-order valence-corrected chi connectivity index (χ1v) is 7.42. The number of nitrogens with zero attached hydrogens (tertiary/aromatic N) is 1.